The van der Waals surface area contributed by atoms with Crippen LogP contribution in [0.2, 0.25) is 0 Å². The van der Waals surface area contributed by atoms with Crippen LogP contribution < -0.4 is 4.74 Å². The lowest BCUT2D eigenvalue weighted by Gasteiger charge is -2.20. The monoisotopic (exact) mass is 397 g/mol. The number of halogens is 1. The molecule has 0 fully saturated rings. The molecule has 0 spiro atoms. The summed E-state index contributed by atoms with van der Waals surface area (Å²) in [4.78, 5) is 2.56. The summed E-state index contributed by atoms with van der Waals surface area (Å²) in [5, 5.41) is 2.53. The normalized spacial score (nSPS) is 10.8. The number of nitrogens with zero attached hydrogens (tertiary/aromatic N) is 1. The highest BCUT2D eigenvalue weighted by Gasteiger charge is 2.04. The highest BCUT2D eigenvalue weighted by Crippen LogP contribution is 2.18. The first-order valence-corrected chi connectivity index (χ1v) is 10.2. The second kappa shape index (κ2) is 11.7. The topological polar surface area (TPSA) is 12.5 Å². The molecule has 0 aliphatic heterocycles. The van der Waals surface area contributed by atoms with Gasteiger partial charge in [0.15, 0.2) is 0 Å². The zero-order valence-electron chi connectivity index (χ0n) is 17.1. The molecule has 0 heterocycles. The molecule has 0 N–H and O–H groups in total. The molecule has 0 aliphatic rings. The Morgan fingerprint density at radius 3 is 2.04 bits per heavy atom. The van der Waals surface area contributed by atoms with Gasteiger partial charge in [-0.25, -0.2) is 0 Å². The molecule has 0 bridgehead atoms. The molecular weight excluding hydrogens is 366 g/mol. The Balaban J connectivity index is 0.00000280. The van der Waals surface area contributed by atoms with Gasteiger partial charge in [-0.05, 0) is 72.5 Å². The largest absolute Gasteiger partial charge is 0.489 e. The van der Waals surface area contributed by atoms with Crippen molar-refractivity contribution in [2.75, 3.05) is 19.6 Å². The number of hydrogen-bond donors (Lipinski definition) is 0. The van der Waals surface area contributed by atoms with Gasteiger partial charge in [0.05, 0.1) is 0 Å². The molecule has 3 aromatic carbocycles. The summed E-state index contributed by atoms with van der Waals surface area (Å²) in [5.74, 6) is 0.936. The maximum Gasteiger partial charge on any atom is 0.119 e. The van der Waals surface area contributed by atoms with Crippen LogP contribution in [0.5, 0.6) is 5.75 Å². The fourth-order valence-electron chi connectivity index (χ4n) is 3.50. The molecule has 0 saturated heterocycles. The van der Waals surface area contributed by atoms with Gasteiger partial charge < -0.3 is 9.64 Å². The first-order chi connectivity index (χ1) is 13.3. The van der Waals surface area contributed by atoms with Gasteiger partial charge in [-0.15, -0.1) is 12.4 Å². The lowest BCUT2D eigenvalue weighted by molar-refractivity contribution is 0.278. The van der Waals surface area contributed by atoms with E-state index < -0.39 is 0 Å². The SMILES string of the molecule is CCCN(CCC)CCc1ccc(OCc2ccc3ccccc3c2)cc1.Cl. The number of hydrogen-bond acceptors (Lipinski definition) is 2. The Bertz CT molecular complexity index is 825. The van der Waals surface area contributed by atoms with Crippen LogP contribution in [0.25, 0.3) is 10.8 Å². The van der Waals surface area contributed by atoms with E-state index in [9.17, 15) is 0 Å². The van der Waals surface area contributed by atoms with Gasteiger partial charge in [0, 0.05) is 6.54 Å². The van der Waals surface area contributed by atoms with Crippen LogP contribution in [0.4, 0.5) is 0 Å². The summed E-state index contributed by atoms with van der Waals surface area (Å²) in [6.07, 6.45) is 3.55. The fraction of sp³-hybridized carbons (Fsp3) is 0.360. The minimum atomic E-state index is 0. The molecule has 0 saturated carbocycles. The minimum Gasteiger partial charge on any atom is -0.489 e. The van der Waals surface area contributed by atoms with Crippen molar-refractivity contribution in [1.29, 1.82) is 0 Å². The Labute approximate surface area is 175 Å². The smallest absolute Gasteiger partial charge is 0.119 e. The summed E-state index contributed by atoms with van der Waals surface area (Å²) in [6.45, 7) is 8.64. The second-order valence-corrected chi connectivity index (χ2v) is 7.21. The van der Waals surface area contributed by atoms with Crippen LogP contribution in [-0.2, 0) is 13.0 Å². The predicted molar refractivity (Wildman–Crippen MR) is 123 cm³/mol. The zero-order valence-corrected chi connectivity index (χ0v) is 17.9. The molecule has 150 valence electrons. The molecule has 28 heavy (non-hydrogen) atoms. The summed E-state index contributed by atoms with van der Waals surface area (Å²) in [5.41, 5.74) is 2.58. The van der Waals surface area contributed by atoms with E-state index in [4.69, 9.17) is 4.74 Å². The van der Waals surface area contributed by atoms with Gasteiger partial charge >= 0.3 is 0 Å². The molecule has 3 heteroatoms. The highest BCUT2D eigenvalue weighted by atomic mass is 35.5. The summed E-state index contributed by atoms with van der Waals surface area (Å²) >= 11 is 0. The summed E-state index contributed by atoms with van der Waals surface area (Å²) < 4.78 is 5.99. The van der Waals surface area contributed by atoms with E-state index in [1.165, 1.54) is 47.8 Å². The number of fused-ring (bicyclic) bond motifs is 1. The van der Waals surface area contributed by atoms with Crippen LogP contribution in [0.15, 0.2) is 66.7 Å². The van der Waals surface area contributed by atoms with Crippen molar-refractivity contribution in [2.24, 2.45) is 0 Å². The fourth-order valence-corrected chi connectivity index (χ4v) is 3.50. The van der Waals surface area contributed by atoms with Crippen molar-refractivity contribution in [3.8, 4) is 5.75 Å². The number of rotatable bonds is 10. The first kappa shape index (κ1) is 22.3. The number of ether oxygens (including phenoxy) is 1. The van der Waals surface area contributed by atoms with Crippen LogP contribution in [0.1, 0.15) is 37.8 Å². The minimum absolute atomic E-state index is 0. The molecule has 2 nitrogen and oxygen atoms in total. The standard InChI is InChI=1S/C25H31NO.ClH/c1-3-16-26(17-4-2)18-15-21-10-13-25(14-11-21)27-20-22-9-12-23-7-5-6-8-24(23)19-22;/h5-14,19H,3-4,15-18,20H2,1-2H3;1H. The van der Waals surface area contributed by atoms with E-state index in [2.05, 4.69) is 85.5 Å². The van der Waals surface area contributed by atoms with Crippen LogP contribution in [0, 0.1) is 0 Å². The summed E-state index contributed by atoms with van der Waals surface area (Å²) in [6, 6.07) is 23.5. The van der Waals surface area contributed by atoms with Crippen molar-refractivity contribution < 1.29 is 4.74 Å². The molecule has 3 rings (SSSR count). The maximum absolute atomic E-state index is 5.99. The Hall–Kier alpha value is -2.03. The van der Waals surface area contributed by atoms with Crippen molar-refractivity contribution in [2.45, 2.75) is 39.7 Å². The zero-order chi connectivity index (χ0) is 18.9. The third-order valence-electron chi connectivity index (χ3n) is 4.94. The van der Waals surface area contributed by atoms with Crippen molar-refractivity contribution in [1.82, 2.24) is 4.90 Å². The average molecular weight is 398 g/mol. The maximum atomic E-state index is 5.99. The molecular formula is C25H32ClNO. The van der Waals surface area contributed by atoms with Crippen LogP contribution in [-0.4, -0.2) is 24.5 Å². The van der Waals surface area contributed by atoms with Crippen molar-refractivity contribution >= 4 is 23.2 Å². The van der Waals surface area contributed by atoms with E-state index in [-0.39, 0.29) is 12.4 Å². The quantitative estimate of drug-likeness (QED) is 0.387. The van der Waals surface area contributed by atoms with Gasteiger partial charge in [0.1, 0.15) is 12.4 Å². The molecule has 3 aromatic rings. The van der Waals surface area contributed by atoms with Crippen LogP contribution >= 0.6 is 12.4 Å². The van der Waals surface area contributed by atoms with E-state index in [0.717, 1.165) is 18.7 Å². The lowest BCUT2D eigenvalue weighted by atomic mass is 10.1. The Kier molecular flexibility index (Phi) is 9.33. The van der Waals surface area contributed by atoms with E-state index >= 15 is 0 Å². The lowest BCUT2D eigenvalue weighted by Crippen LogP contribution is -2.27. The van der Waals surface area contributed by atoms with Gasteiger partial charge in [0.2, 0.25) is 0 Å². The highest BCUT2D eigenvalue weighted by molar-refractivity contribution is 5.85. The van der Waals surface area contributed by atoms with Gasteiger partial charge in [0.25, 0.3) is 0 Å². The molecule has 0 radical (unpaired) electrons. The third-order valence-corrected chi connectivity index (χ3v) is 4.94. The number of benzene rings is 3. The first-order valence-electron chi connectivity index (χ1n) is 10.2. The van der Waals surface area contributed by atoms with Crippen molar-refractivity contribution in [3.63, 3.8) is 0 Å². The molecule has 0 atom stereocenters. The van der Waals surface area contributed by atoms with E-state index in [1.807, 2.05) is 0 Å². The molecule has 0 unspecified atom stereocenters. The van der Waals surface area contributed by atoms with Crippen molar-refractivity contribution in [3.05, 3.63) is 77.9 Å². The third kappa shape index (κ3) is 6.54. The molecule has 0 amide bonds. The Morgan fingerprint density at radius 1 is 0.714 bits per heavy atom. The van der Waals surface area contributed by atoms with Gasteiger partial charge in [-0.3, -0.25) is 0 Å². The predicted octanol–water partition coefficient (Wildman–Crippen LogP) is 6.51. The second-order valence-electron chi connectivity index (χ2n) is 7.21. The van der Waals surface area contributed by atoms with Gasteiger partial charge in [-0.2, -0.15) is 0 Å². The van der Waals surface area contributed by atoms with E-state index in [1.54, 1.807) is 0 Å². The summed E-state index contributed by atoms with van der Waals surface area (Å²) in [7, 11) is 0. The molecule has 0 aromatic heterocycles. The Morgan fingerprint density at radius 2 is 1.36 bits per heavy atom. The molecule has 0 aliphatic carbocycles. The van der Waals surface area contributed by atoms with Crippen LogP contribution in [0.3, 0.4) is 0 Å². The van der Waals surface area contributed by atoms with E-state index in [0.29, 0.717) is 6.61 Å². The average Bonchev–Trinajstić information content (AvgIpc) is 2.71. The van der Waals surface area contributed by atoms with Gasteiger partial charge in [-0.1, -0.05) is 62.4 Å².